The number of rotatable bonds is 2. The molecule has 0 N–H and O–H groups in total. The smallest absolute Gasteiger partial charge is 0.272 e. The van der Waals surface area contributed by atoms with Crippen molar-refractivity contribution in [1.29, 1.82) is 0 Å². The summed E-state index contributed by atoms with van der Waals surface area (Å²) in [5.41, 5.74) is 2.86. The van der Waals surface area contributed by atoms with Gasteiger partial charge in [0.05, 0.1) is 13.2 Å². The average molecular weight is 324 g/mol. The van der Waals surface area contributed by atoms with Crippen molar-refractivity contribution >= 4 is 17.5 Å². The third-order valence-corrected chi connectivity index (χ3v) is 4.58. The summed E-state index contributed by atoms with van der Waals surface area (Å²) in [6, 6.07) is 10.2. The molecular weight excluding hydrogens is 304 g/mol. The van der Waals surface area contributed by atoms with Gasteiger partial charge in [-0.15, -0.1) is 0 Å². The van der Waals surface area contributed by atoms with E-state index in [2.05, 4.69) is 33.9 Å². The first kappa shape index (κ1) is 15.1. The molecule has 3 heterocycles. The number of carbonyl (C=O) groups excluding carboxylic acids is 1. The molecule has 6 heteroatoms. The molecule has 0 aliphatic carbocycles. The van der Waals surface area contributed by atoms with Crippen molar-refractivity contribution in [2.45, 2.75) is 19.4 Å². The summed E-state index contributed by atoms with van der Waals surface area (Å²) in [4.78, 5) is 25.5. The molecule has 0 spiro atoms. The molecule has 4 rings (SSSR count). The zero-order valence-corrected chi connectivity index (χ0v) is 13.7. The fourth-order valence-corrected chi connectivity index (χ4v) is 3.38. The van der Waals surface area contributed by atoms with Gasteiger partial charge in [-0.25, -0.2) is 9.97 Å². The molecule has 1 amide bonds. The lowest BCUT2D eigenvalue weighted by atomic mass is 10.1. The average Bonchev–Trinajstić information content (AvgIpc) is 2.97. The van der Waals surface area contributed by atoms with Gasteiger partial charge in [0.25, 0.3) is 5.91 Å². The molecule has 2 aromatic rings. The molecule has 1 atom stereocenters. The van der Waals surface area contributed by atoms with Gasteiger partial charge in [-0.1, -0.05) is 18.2 Å². The summed E-state index contributed by atoms with van der Waals surface area (Å²) in [7, 11) is 0. The summed E-state index contributed by atoms with van der Waals surface area (Å²) >= 11 is 0. The monoisotopic (exact) mass is 324 g/mol. The molecule has 0 saturated carbocycles. The molecule has 1 aromatic carbocycles. The number of para-hydroxylation sites is 1. The fraction of sp³-hybridized carbons (Fsp3) is 0.389. The Morgan fingerprint density at radius 1 is 1.21 bits per heavy atom. The van der Waals surface area contributed by atoms with Crippen molar-refractivity contribution in [3.8, 4) is 0 Å². The van der Waals surface area contributed by atoms with Gasteiger partial charge >= 0.3 is 0 Å². The number of anilines is 2. The molecule has 1 unspecified atom stereocenters. The van der Waals surface area contributed by atoms with Crippen molar-refractivity contribution < 1.29 is 9.53 Å². The number of fused-ring (bicyclic) bond motifs is 1. The number of benzene rings is 1. The van der Waals surface area contributed by atoms with Crippen molar-refractivity contribution in [2.24, 2.45) is 0 Å². The first-order valence-corrected chi connectivity index (χ1v) is 8.31. The molecule has 1 saturated heterocycles. The van der Waals surface area contributed by atoms with Crippen LogP contribution in [0.25, 0.3) is 0 Å². The molecule has 0 bridgehead atoms. The Kier molecular flexibility index (Phi) is 3.90. The highest BCUT2D eigenvalue weighted by molar-refractivity contribution is 5.92. The van der Waals surface area contributed by atoms with E-state index in [0.717, 1.165) is 12.1 Å². The van der Waals surface area contributed by atoms with Crippen LogP contribution >= 0.6 is 0 Å². The lowest BCUT2D eigenvalue weighted by Crippen LogP contribution is -2.41. The number of carbonyl (C=O) groups is 1. The standard InChI is InChI=1S/C18H20N4O2/c1-13-12-14-4-2-3-5-16(14)22(13)18-19-7-6-15(20-18)17(23)21-8-10-24-11-9-21/h2-7,13H,8-12H2,1H3. The van der Waals surface area contributed by atoms with Crippen LogP contribution in [0, 0.1) is 0 Å². The summed E-state index contributed by atoms with van der Waals surface area (Å²) in [5.74, 6) is 0.536. The van der Waals surface area contributed by atoms with Gasteiger partial charge in [-0.3, -0.25) is 4.79 Å². The second kappa shape index (κ2) is 6.20. The maximum atomic E-state index is 12.7. The van der Waals surface area contributed by atoms with E-state index in [9.17, 15) is 4.79 Å². The van der Waals surface area contributed by atoms with Crippen LogP contribution in [0.5, 0.6) is 0 Å². The molecule has 24 heavy (non-hydrogen) atoms. The van der Waals surface area contributed by atoms with Crippen molar-refractivity contribution in [1.82, 2.24) is 14.9 Å². The predicted molar refractivity (Wildman–Crippen MR) is 90.5 cm³/mol. The van der Waals surface area contributed by atoms with Gasteiger partial charge in [0, 0.05) is 31.0 Å². The Morgan fingerprint density at radius 2 is 2.00 bits per heavy atom. The SMILES string of the molecule is CC1Cc2ccccc2N1c1nccc(C(=O)N2CCOCC2)n1. The highest BCUT2D eigenvalue weighted by atomic mass is 16.5. The minimum atomic E-state index is -0.0536. The summed E-state index contributed by atoms with van der Waals surface area (Å²) in [6.07, 6.45) is 2.63. The summed E-state index contributed by atoms with van der Waals surface area (Å²) in [6.45, 7) is 4.54. The molecule has 6 nitrogen and oxygen atoms in total. The number of morpholine rings is 1. The Bertz CT molecular complexity index is 758. The van der Waals surface area contributed by atoms with Crippen LogP contribution in [-0.2, 0) is 11.2 Å². The van der Waals surface area contributed by atoms with E-state index < -0.39 is 0 Å². The van der Waals surface area contributed by atoms with Crippen LogP contribution in [0.4, 0.5) is 11.6 Å². The molecule has 1 aromatic heterocycles. The number of aromatic nitrogens is 2. The van der Waals surface area contributed by atoms with Gasteiger partial charge in [0.15, 0.2) is 0 Å². The molecule has 124 valence electrons. The zero-order chi connectivity index (χ0) is 16.5. The van der Waals surface area contributed by atoms with Gasteiger partial charge in [-0.05, 0) is 31.0 Å². The second-order valence-electron chi connectivity index (χ2n) is 6.20. The summed E-state index contributed by atoms with van der Waals surface area (Å²) in [5, 5.41) is 0. The van der Waals surface area contributed by atoms with E-state index in [1.54, 1.807) is 17.2 Å². The predicted octanol–water partition coefficient (Wildman–Crippen LogP) is 2.03. The van der Waals surface area contributed by atoms with Crippen LogP contribution in [0.1, 0.15) is 23.0 Å². The minimum absolute atomic E-state index is 0.0536. The largest absolute Gasteiger partial charge is 0.378 e. The highest BCUT2D eigenvalue weighted by Crippen LogP contribution is 2.36. The van der Waals surface area contributed by atoms with E-state index in [0.29, 0.717) is 37.9 Å². The van der Waals surface area contributed by atoms with E-state index in [1.165, 1.54) is 5.56 Å². The van der Waals surface area contributed by atoms with Gasteiger partial charge in [0.2, 0.25) is 5.95 Å². The Morgan fingerprint density at radius 3 is 2.83 bits per heavy atom. The lowest BCUT2D eigenvalue weighted by Gasteiger charge is -2.27. The summed E-state index contributed by atoms with van der Waals surface area (Å²) < 4.78 is 5.31. The van der Waals surface area contributed by atoms with Gasteiger partial charge in [0.1, 0.15) is 5.69 Å². The van der Waals surface area contributed by atoms with E-state index in [-0.39, 0.29) is 11.9 Å². The molecule has 1 fully saturated rings. The number of amides is 1. The molecule has 2 aliphatic heterocycles. The van der Waals surface area contributed by atoms with Gasteiger partial charge < -0.3 is 14.5 Å². The maximum absolute atomic E-state index is 12.7. The van der Waals surface area contributed by atoms with Crippen molar-refractivity contribution in [3.63, 3.8) is 0 Å². The van der Waals surface area contributed by atoms with Crippen molar-refractivity contribution in [3.05, 3.63) is 47.8 Å². The quantitative estimate of drug-likeness (QED) is 0.846. The number of ether oxygens (including phenoxy) is 1. The van der Waals surface area contributed by atoms with Gasteiger partial charge in [-0.2, -0.15) is 0 Å². The second-order valence-corrected chi connectivity index (χ2v) is 6.20. The van der Waals surface area contributed by atoms with Crippen LogP contribution in [0.2, 0.25) is 0 Å². The molecule has 2 aliphatic rings. The topological polar surface area (TPSA) is 58.6 Å². The van der Waals surface area contributed by atoms with E-state index >= 15 is 0 Å². The highest BCUT2D eigenvalue weighted by Gasteiger charge is 2.29. The number of nitrogens with zero attached hydrogens (tertiary/aromatic N) is 4. The van der Waals surface area contributed by atoms with Crippen LogP contribution < -0.4 is 4.90 Å². The third kappa shape index (κ3) is 2.63. The normalized spacial score (nSPS) is 20.1. The van der Waals surface area contributed by atoms with E-state index in [4.69, 9.17) is 4.74 Å². The Labute approximate surface area is 141 Å². The Balaban J connectivity index is 1.64. The third-order valence-electron chi connectivity index (χ3n) is 4.58. The van der Waals surface area contributed by atoms with Crippen LogP contribution in [0.3, 0.4) is 0 Å². The zero-order valence-electron chi connectivity index (χ0n) is 13.7. The first-order valence-electron chi connectivity index (χ1n) is 8.31. The minimum Gasteiger partial charge on any atom is -0.378 e. The van der Waals surface area contributed by atoms with Crippen LogP contribution in [0.15, 0.2) is 36.5 Å². The Hall–Kier alpha value is -2.47. The lowest BCUT2D eigenvalue weighted by molar-refractivity contribution is 0.0299. The molecule has 0 radical (unpaired) electrons. The van der Waals surface area contributed by atoms with Crippen LogP contribution in [-0.4, -0.2) is 53.1 Å². The van der Waals surface area contributed by atoms with Crippen molar-refractivity contribution in [2.75, 3.05) is 31.2 Å². The maximum Gasteiger partial charge on any atom is 0.272 e. The first-order chi connectivity index (χ1) is 11.7. The molecular formula is C18H20N4O2. The fourth-order valence-electron chi connectivity index (χ4n) is 3.38. The number of hydrogen-bond acceptors (Lipinski definition) is 5. The number of hydrogen-bond donors (Lipinski definition) is 0. The van der Waals surface area contributed by atoms with E-state index in [1.807, 2.05) is 12.1 Å².